The molecule has 51 heavy (non-hydrogen) atoms. The van der Waals surface area contributed by atoms with Crippen molar-refractivity contribution < 1.29 is 0 Å². The molecule has 2 nitrogen and oxygen atoms in total. The zero-order valence-corrected chi connectivity index (χ0v) is 28.4. The van der Waals surface area contributed by atoms with E-state index in [0.29, 0.717) is 0 Å². The third-order valence-electron chi connectivity index (χ3n) is 10.5. The highest BCUT2D eigenvalue weighted by Crippen LogP contribution is 2.43. The molecule has 8 aromatic carbocycles. The number of nitrogens with zero attached hydrogens (tertiary/aromatic N) is 2. The van der Waals surface area contributed by atoms with Crippen molar-refractivity contribution in [1.82, 2.24) is 9.13 Å². The second-order valence-corrected chi connectivity index (χ2v) is 14.4. The Bertz CT molecular complexity index is 3140. The molecule has 3 aromatic heterocycles. The summed E-state index contributed by atoms with van der Waals surface area (Å²) in [5.74, 6) is 0. The van der Waals surface area contributed by atoms with Crippen molar-refractivity contribution in [2.24, 2.45) is 0 Å². The molecule has 0 spiro atoms. The Balaban J connectivity index is 1.14. The topological polar surface area (TPSA) is 9.86 Å². The van der Waals surface area contributed by atoms with Gasteiger partial charge in [0.05, 0.1) is 22.1 Å². The predicted molar refractivity (Wildman–Crippen MR) is 219 cm³/mol. The lowest BCUT2D eigenvalue weighted by atomic mass is 9.98. The first-order valence-corrected chi connectivity index (χ1v) is 18.3. The van der Waals surface area contributed by atoms with Crippen molar-refractivity contribution >= 4 is 75.1 Å². The second-order valence-electron chi connectivity index (χ2n) is 13.3. The minimum atomic E-state index is 1.16. The monoisotopic (exact) mass is 666 g/mol. The number of benzene rings is 8. The van der Waals surface area contributed by atoms with Crippen LogP contribution < -0.4 is 0 Å². The lowest BCUT2D eigenvalue weighted by Gasteiger charge is -2.12. The van der Waals surface area contributed by atoms with Gasteiger partial charge in [0.1, 0.15) is 0 Å². The smallest absolute Gasteiger partial charge is 0.0547 e. The summed E-state index contributed by atoms with van der Waals surface area (Å²) in [5.41, 5.74) is 12.1. The molecule has 0 atom stereocenters. The van der Waals surface area contributed by atoms with E-state index in [4.69, 9.17) is 0 Å². The van der Waals surface area contributed by atoms with E-state index < -0.39 is 0 Å². The van der Waals surface area contributed by atoms with Gasteiger partial charge in [0, 0.05) is 53.1 Å². The third kappa shape index (κ3) is 4.22. The summed E-state index contributed by atoms with van der Waals surface area (Å²) in [6.07, 6.45) is 0. The third-order valence-corrected chi connectivity index (χ3v) is 11.7. The number of thiophene rings is 1. The Labute approximate surface area is 298 Å². The van der Waals surface area contributed by atoms with Crippen LogP contribution in [0, 0.1) is 0 Å². The number of rotatable bonds is 4. The molecule has 3 heterocycles. The van der Waals surface area contributed by atoms with E-state index in [-0.39, 0.29) is 0 Å². The highest BCUT2D eigenvalue weighted by molar-refractivity contribution is 7.25. The highest BCUT2D eigenvalue weighted by Gasteiger charge is 2.19. The largest absolute Gasteiger partial charge is 0.309 e. The fourth-order valence-corrected chi connectivity index (χ4v) is 9.49. The zero-order chi connectivity index (χ0) is 33.5. The van der Waals surface area contributed by atoms with Crippen molar-refractivity contribution in [1.29, 1.82) is 0 Å². The molecule has 238 valence electrons. The van der Waals surface area contributed by atoms with E-state index in [0.717, 1.165) is 5.69 Å². The first-order chi connectivity index (χ1) is 25.3. The van der Waals surface area contributed by atoms with Gasteiger partial charge in [-0.25, -0.2) is 0 Å². The quantitative estimate of drug-likeness (QED) is 0.177. The van der Waals surface area contributed by atoms with Gasteiger partial charge < -0.3 is 9.13 Å². The summed E-state index contributed by atoms with van der Waals surface area (Å²) < 4.78 is 7.50. The number of hydrogen-bond acceptors (Lipinski definition) is 1. The molecule has 11 aromatic rings. The number of para-hydroxylation sites is 3. The van der Waals surface area contributed by atoms with Crippen LogP contribution in [0.1, 0.15) is 0 Å². The molecule has 0 saturated carbocycles. The molecule has 0 fully saturated rings. The molecule has 0 unspecified atom stereocenters. The zero-order valence-electron chi connectivity index (χ0n) is 27.6. The van der Waals surface area contributed by atoms with Gasteiger partial charge in [-0.1, -0.05) is 121 Å². The van der Waals surface area contributed by atoms with Crippen LogP contribution in [0.3, 0.4) is 0 Å². The lowest BCUT2D eigenvalue weighted by molar-refractivity contribution is 1.18. The van der Waals surface area contributed by atoms with Gasteiger partial charge in [0.25, 0.3) is 0 Å². The van der Waals surface area contributed by atoms with Gasteiger partial charge in [-0.2, -0.15) is 0 Å². The van der Waals surface area contributed by atoms with E-state index in [1.165, 1.54) is 91.7 Å². The van der Waals surface area contributed by atoms with Gasteiger partial charge in [0.2, 0.25) is 0 Å². The van der Waals surface area contributed by atoms with E-state index in [1.54, 1.807) is 0 Å². The SMILES string of the molecule is c1ccc(-n2c3ccccc3c3ccc(-c4cccc5c4c4ccccc4n5-c4cccc(-c5cccc6sc7ccccc7c56)c4)cc32)cc1. The van der Waals surface area contributed by atoms with Crippen molar-refractivity contribution in [2.75, 3.05) is 0 Å². The van der Waals surface area contributed by atoms with E-state index in [9.17, 15) is 0 Å². The van der Waals surface area contributed by atoms with Gasteiger partial charge in [0.15, 0.2) is 0 Å². The standard InChI is InChI=1S/C48H30N2S/c1-2-14-33(15-3-1)49-41-22-7-4-17-37(41)38-28-27-32(30-44(38)49)35-20-11-24-43-47(35)39-18-5-8-23-42(39)50(43)34-16-10-13-31(29-34)36-21-12-26-46-48(36)40-19-6-9-25-45(40)51-46/h1-30H. The number of hydrogen-bond donors (Lipinski definition) is 0. The Morgan fingerprint density at radius 2 is 0.882 bits per heavy atom. The Morgan fingerprint density at radius 3 is 1.75 bits per heavy atom. The van der Waals surface area contributed by atoms with Crippen molar-refractivity contribution in [3.05, 3.63) is 182 Å². The molecular formula is C48H30N2S. The molecule has 0 radical (unpaired) electrons. The molecule has 0 bridgehead atoms. The molecular weight excluding hydrogens is 637 g/mol. The van der Waals surface area contributed by atoms with E-state index in [2.05, 4.69) is 191 Å². The van der Waals surface area contributed by atoms with Crippen LogP contribution in [0.4, 0.5) is 0 Å². The Morgan fingerprint density at radius 1 is 0.314 bits per heavy atom. The van der Waals surface area contributed by atoms with E-state index in [1.807, 2.05) is 11.3 Å². The summed E-state index contributed by atoms with van der Waals surface area (Å²) in [5, 5.41) is 7.71. The van der Waals surface area contributed by atoms with Crippen LogP contribution in [-0.2, 0) is 0 Å². The summed E-state index contributed by atoms with van der Waals surface area (Å²) in [6.45, 7) is 0. The van der Waals surface area contributed by atoms with Gasteiger partial charge in [-0.15, -0.1) is 11.3 Å². The minimum Gasteiger partial charge on any atom is -0.309 e. The summed E-state index contributed by atoms with van der Waals surface area (Å²) in [6, 6.07) is 66.6. The molecule has 0 aliphatic carbocycles. The Kier molecular flexibility index (Phi) is 6.16. The molecule has 3 heteroatoms. The molecule has 0 N–H and O–H groups in total. The van der Waals surface area contributed by atoms with Crippen LogP contribution in [0.15, 0.2) is 182 Å². The molecule has 11 rings (SSSR count). The van der Waals surface area contributed by atoms with Crippen molar-refractivity contribution in [3.8, 4) is 33.6 Å². The minimum absolute atomic E-state index is 1.16. The summed E-state index contributed by atoms with van der Waals surface area (Å²) in [4.78, 5) is 0. The van der Waals surface area contributed by atoms with Crippen LogP contribution in [0.25, 0.3) is 97.4 Å². The second kappa shape index (κ2) is 11.0. The predicted octanol–water partition coefficient (Wildman–Crippen LogP) is 13.6. The fourth-order valence-electron chi connectivity index (χ4n) is 8.36. The van der Waals surface area contributed by atoms with Gasteiger partial charge in [-0.05, 0) is 82.9 Å². The average Bonchev–Trinajstić information content (AvgIpc) is 3.86. The first kappa shape index (κ1) is 28.4. The molecule has 0 amide bonds. The van der Waals surface area contributed by atoms with Crippen LogP contribution >= 0.6 is 11.3 Å². The lowest BCUT2D eigenvalue weighted by Crippen LogP contribution is -1.94. The van der Waals surface area contributed by atoms with Crippen LogP contribution in [0.5, 0.6) is 0 Å². The average molecular weight is 667 g/mol. The number of fused-ring (bicyclic) bond motifs is 9. The van der Waals surface area contributed by atoms with Crippen molar-refractivity contribution in [2.45, 2.75) is 0 Å². The van der Waals surface area contributed by atoms with Crippen molar-refractivity contribution in [3.63, 3.8) is 0 Å². The Hall–Kier alpha value is -6.42. The summed E-state index contributed by atoms with van der Waals surface area (Å²) in [7, 11) is 0. The maximum absolute atomic E-state index is 2.45. The normalized spacial score (nSPS) is 11.9. The maximum Gasteiger partial charge on any atom is 0.0547 e. The first-order valence-electron chi connectivity index (χ1n) is 17.4. The number of aromatic nitrogens is 2. The fraction of sp³-hybridized carbons (Fsp3) is 0. The molecule has 0 aliphatic heterocycles. The van der Waals surface area contributed by atoms with Gasteiger partial charge in [-0.3, -0.25) is 0 Å². The van der Waals surface area contributed by atoms with Crippen LogP contribution in [0.2, 0.25) is 0 Å². The molecule has 0 saturated heterocycles. The maximum atomic E-state index is 2.45. The highest BCUT2D eigenvalue weighted by atomic mass is 32.1. The summed E-state index contributed by atoms with van der Waals surface area (Å²) >= 11 is 1.87. The van der Waals surface area contributed by atoms with Crippen LogP contribution in [-0.4, -0.2) is 9.13 Å². The van der Waals surface area contributed by atoms with E-state index >= 15 is 0 Å². The molecule has 0 aliphatic rings. The van der Waals surface area contributed by atoms with Gasteiger partial charge >= 0.3 is 0 Å².